The predicted octanol–water partition coefficient (Wildman–Crippen LogP) is 3.72. The highest BCUT2D eigenvalue weighted by molar-refractivity contribution is 6.08. The Morgan fingerprint density at radius 2 is 2.03 bits per heavy atom. The lowest BCUT2D eigenvalue weighted by atomic mass is 9.61. The van der Waals surface area contributed by atoms with Crippen molar-refractivity contribution >= 4 is 17.6 Å². The summed E-state index contributed by atoms with van der Waals surface area (Å²) in [5.74, 6) is -0.00416. The molecule has 29 heavy (non-hydrogen) atoms. The maximum Gasteiger partial charge on any atom is 0.345 e. The van der Waals surface area contributed by atoms with Crippen LogP contribution in [0.4, 0.5) is 14.5 Å². The van der Waals surface area contributed by atoms with E-state index in [2.05, 4.69) is 4.85 Å². The number of ether oxygens (including phenoxy) is 1. The van der Waals surface area contributed by atoms with Crippen LogP contribution < -0.4 is 5.73 Å². The normalized spacial score (nSPS) is 31.1. The van der Waals surface area contributed by atoms with Crippen LogP contribution in [0.5, 0.6) is 0 Å². The van der Waals surface area contributed by atoms with Crippen LogP contribution in [0.1, 0.15) is 50.7 Å². The van der Waals surface area contributed by atoms with Gasteiger partial charge < -0.3 is 10.5 Å². The van der Waals surface area contributed by atoms with Crippen LogP contribution in [-0.4, -0.2) is 35.5 Å². The number of alkyl halides is 2. The maximum atomic E-state index is 13.8. The number of carbonyl (C=O) groups excluding carboxylic acids is 1. The summed E-state index contributed by atoms with van der Waals surface area (Å²) in [4.78, 5) is 23.6. The average molecular weight is 402 g/mol. The van der Waals surface area contributed by atoms with E-state index in [1.165, 1.54) is 4.90 Å². The van der Waals surface area contributed by atoms with Gasteiger partial charge in [0, 0.05) is 11.5 Å². The Hall–Kier alpha value is -2.53. The van der Waals surface area contributed by atoms with Crippen LogP contribution >= 0.6 is 0 Å². The summed E-state index contributed by atoms with van der Waals surface area (Å²) in [5.41, 5.74) is 6.60. The first-order valence-electron chi connectivity index (χ1n) is 9.87. The smallest absolute Gasteiger partial charge is 0.345 e. The minimum Gasteiger partial charge on any atom is -0.369 e. The Bertz CT molecular complexity index is 916. The fraction of sp³-hybridized carbons (Fsp3) is 0.571. The number of nitrogens with zero attached hydrogens (tertiary/aromatic N) is 3. The molecule has 154 valence electrons. The molecule has 1 aliphatic heterocycles. The number of guanidine groups is 1. The summed E-state index contributed by atoms with van der Waals surface area (Å²) in [6.07, 6.45) is 2.00. The van der Waals surface area contributed by atoms with E-state index in [-0.39, 0.29) is 17.9 Å². The van der Waals surface area contributed by atoms with Gasteiger partial charge in [-0.1, -0.05) is 18.2 Å². The molecule has 2 spiro atoms. The molecule has 2 aliphatic carbocycles. The Morgan fingerprint density at radius 3 is 2.59 bits per heavy atom. The van der Waals surface area contributed by atoms with Gasteiger partial charge in [0.15, 0.2) is 17.2 Å². The third kappa shape index (κ3) is 2.75. The molecular weight excluding hydrogens is 378 g/mol. The lowest BCUT2D eigenvalue weighted by Gasteiger charge is -2.45. The minimum atomic E-state index is -2.80. The molecule has 4 rings (SSSR count). The molecule has 1 heterocycles. The number of amides is 1. The van der Waals surface area contributed by atoms with Crippen LogP contribution in [0.25, 0.3) is 4.85 Å². The molecule has 1 aromatic carbocycles. The number of benzene rings is 1. The van der Waals surface area contributed by atoms with Crippen molar-refractivity contribution in [2.45, 2.75) is 70.2 Å². The summed E-state index contributed by atoms with van der Waals surface area (Å²) < 4.78 is 30.1. The first-order valence-corrected chi connectivity index (χ1v) is 9.87. The maximum absolute atomic E-state index is 13.8. The van der Waals surface area contributed by atoms with Gasteiger partial charge in [-0.05, 0) is 57.1 Å². The zero-order valence-corrected chi connectivity index (χ0v) is 16.5. The second-order valence-corrected chi connectivity index (χ2v) is 8.46. The van der Waals surface area contributed by atoms with Crippen molar-refractivity contribution in [3.05, 3.63) is 40.7 Å². The summed E-state index contributed by atoms with van der Waals surface area (Å²) in [5, 5.41) is 0. The standard InChI is InChI=1S/C21H24F2N4O2/c1-12(2)27-17(28)21(26-19(27)24)16-10-14(25-3)5-4-13(16)11-20(21)8-6-15(7-9-20)29-18(22)23/h4-5,10,12,15,18H,6-9,11H2,1-2H3,(H2,24,26)/t15-,20-,21?. The fourth-order valence-corrected chi connectivity index (χ4v) is 5.44. The third-order valence-electron chi connectivity index (χ3n) is 6.67. The minimum absolute atomic E-state index is 0.158. The zero-order chi connectivity index (χ0) is 21.0. The summed E-state index contributed by atoms with van der Waals surface area (Å²) in [6, 6.07) is 5.22. The van der Waals surface area contributed by atoms with Crippen molar-refractivity contribution in [2.75, 3.05) is 0 Å². The van der Waals surface area contributed by atoms with Gasteiger partial charge in [0.2, 0.25) is 0 Å². The van der Waals surface area contributed by atoms with Crippen LogP contribution in [0.3, 0.4) is 0 Å². The topological polar surface area (TPSA) is 72.3 Å². The van der Waals surface area contributed by atoms with Crippen LogP contribution in [0, 0.1) is 12.0 Å². The molecule has 2 N–H and O–H groups in total. The molecule has 6 nitrogen and oxygen atoms in total. The van der Waals surface area contributed by atoms with Crippen molar-refractivity contribution in [2.24, 2.45) is 16.1 Å². The van der Waals surface area contributed by atoms with Gasteiger partial charge in [-0.15, -0.1) is 0 Å². The van der Waals surface area contributed by atoms with Crippen molar-refractivity contribution in [1.29, 1.82) is 0 Å². The van der Waals surface area contributed by atoms with Crippen molar-refractivity contribution < 1.29 is 18.3 Å². The molecule has 1 fully saturated rings. The number of halogens is 2. The van der Waals surface area contributed by atoms with Gasteiger partial charge in [0.05, 0.1) is 12.7 Å². The quantitative estimate of drug-likeness (QED) is 0.784. The molecule has 0 saturated heterocycles. The van der Waals surface area contributed by atoms with Crippen molar-refractivity contribution in [3.8, 4) is 0 Å². The average Bonchev–Trinajstić information content (AvgIpc) is 3.09. The molecule has 0 bridgehead atoms. The SMILES string of the molecule is [C-]#[N+]c1ccc2c(c1)C1(N=C(N)N(C(C)C)C1=O)[C@]1(CC[C@H](OC(F)F)CC1)C2. The number of fused-ring (bicyclic) bond motifs is 3. The Morgan fingerprint density at radius 1 is 1.34 bits per heavy atom. The van der Waals surface area contributed by atoms with Gasteiger partial charge >= 0.3 is 6.61 Å². The van der Waals surface area contributed by atoms with E-state index in [0.717, 1.165) is 11.1 Å². The summed E-state index contributed by atoms with van der Waals surface area (Å²) in [7, 11) is 0. The van der Waals surface area contributed by atoms with Gasteiger partial charge in [-0.2, -0.15) is 8.78 Å². The van der Waals surface area contributed by atoms with E-state index in [4.69, 9.17) is 22.0 Å². The molecule has 1 unspecified atom stereocenters. The van der Waals surface area contributed by atoms with Crippen LogP contribution in [0.15, 0.2) is 23.2 Å². The molecule has 3 aliphatic rings. The summed E-state index contributed by atoms with van der Waals surface area (Å²) in [6.45, 7) is 8.33. The number of hydrogen-bond acceptors (Lipinski definition) is 4. The number of aliphatic imine (C=N–C) groups is 1. The highest BCUT2D eigenvalue weighted by atomic mass is 19.3. The van der Waals surface area contributed by atoms with Gasteiger partial charge in [0.25, 0.3) is 5.91 Å². The van der Waals surface area contributed by atoms with E-state index in [9.17, 15) is 13.6 Å². The number of nitrogens with two attached hydrogens (primary N) is 1. The predicted molar refractivity (Wildman–Crippen MR) is 103 cm³/mol. The molecule has 1 aromatic rings. The largest absolute Gasteiger partial charge is 0.369 e. The first-order chi connectivity index (χ1) is 13.7. The Labute approximate surface area is 168 Å². The molecule has 0 aromatic heterocycles. The van der Waals surface area contributed by atoms with Crippen LogP contribution in [-0.2, 0) is 21.5 Å². The fourth-order valence-electron chi connectivity index (χ4n) is 5.44. The van der Waals surface area contributed by atoms with Gasteiger partial charge in [-0.25, -0.2) is 9.84 Å². The monoisotopic (exact) mass is 402 g/mol. The van der Waals surface area contributed by atoms with E-state index >= 15 is 0 Å². The number of carbonyl (C=O) groups is 1. The molecular formula is C21H24F2N4O2. The van der Waals surface area contributed by atoms with Crippen LogP contribution in [0.2, 0.25) is 0 Å². The highest BCUT2D eigenvalue weighted by Gasteiger charge is 2.66. The lowest BCUT2D eigenvalue weighted by molar-refractivity contribution is -0.179. The number of rotatable bonds is 3. The Balaban J connectivity index is 1.82. The van der Waals surface area contributed by atoms with Gasteiger partial charge in [-0.3, -0.25) is 9.69 Å². The molecule has 1 atom stereocenters. The second-order valence-electron chi connectivity index (χ2n) is 8.46. The Kier molecular flexibility index (Phi) is 4.61. The number of hydrogen-bond donors (Lipinski definition) is 1. The van der Waals surface area contributed by atoms with Crippen molar-refractivity contribution in [3.63, 3.8) is 0 Å². The van der Waals surface area contributed by atoms with Gasteiger partial charge in [0.1, 0.15) is 0 Å². The van der Waals surface area contributed by atoms with E-state index < -0.39 is 23.7 Å². The molecule has 8 heteroatoms. The second kappa shape index (κ2) is 6.77. The molecule has 1 saturated carbocycles. The van der Waals surface area contributed by atoms with E-state index in [1.54, 1.807) is 12.1 Å². The lowest BCUT2D eigenvalue weighted by Crippen LogP contribution is -2.53. The van der Waals surface area contributed by atoms with Crippen molar-refractivity contribution in [1.82, 2.24) is 4.90 Å². The van der Waals surface area contributed by atoms with E-state index in [0.29, 0.717) is 37.8 Å². The molecule has 1 amide bonds. The first kappa shape index (κ1) is 19.8. The highest BCUT2D eigenvalue weighted by Crippen LogP contribution is 2.62. The zero-order valence-electron chi connectivity index (χ0n) is 16.5. The molecule has 0 radical (unpaired) electrons. The van der Waals surface area contributed by atoms with E-state index in [1.807, 2.05) is 19.9 Å². The third-order valence-corrected chi connectivity index (χ3v) is 6.67. The summed E-state index contributed by atoms with van der Waals surface area (Å²) >= 11 is 0.